The van der Waals surface area contributed by atoms with Gasteiger partial charge in [-0.1, -0.05) is 17.7 Å². The molecule has 2 rings (SSSR count). The Morgan fingerprint density at radius 1 is 1.12 bits per heavy atom. The molecule has 0 radical (unpaired) electrons. The van der Waals surface area contributed by atoms with Crippen molar-refractivity contribution in [3.05, 3.63) is 62.7 Å². The van der Waals surface area contributed by atoms with Gasteiger partial charge in [0.1, 0.15) is 0 Å². The number of aryl methyl sites for hydroxylation is 2. The van der Waals surface area contributed by atoms with E-state index in [9.17, 15) is 9.59 Å². The number of Topliss-reactive ketones (excluding diaryl/α,β-unsaturated/α-hetero) is 1. The van der Waals surface area contributed by atoms with Crippen LogP contribution in [-0.2, 0) is 6.54 Å². The molecule has 0 aliphatic heterocycles. The molecule has 0 atom stereocenters. The van der Waals surface area contributed by atoms with Gasteiger partial charge in [0, 0.05) is 17.8 Å². The lowest BCUT2D eigenvalue weighted by molar-refractivity contribution is 0.0996. The first kappa shape index (κ1) is 18.0. The first-order valence-corrected chi connectivity index (χ1v) is 8.04. The molecular formula is C19H21ClN2O2. The number of benzene rings is 2. The Balaban J connectivity index is 2.33. The van der Waals surface area contributed by atoms with E-state index in [2.05, 4.69) is 5.32 Å². The number of carbonyl (C=O) groups is 2. The number of nitrogens with two attached hydrogens (primary N) is 1. The average molecular weight is 345 g/mol. The third-order valence-corrected chi connectivity index (χ3v) is 4.51. The zero-order valence-corrected chi connectivity index (χ0v) is 15.0. The molecular weight excluding hydrogens is 324 g/mol. The summed E-state index contributed by atoms with van der Waals surface area (Å²) in [4.78, 5) is 23.3. The van der Waals surface area contributed by atoms with Gasteiger partial charge in [0.2, 0.25) is 5.91 Å². The Morgan fingerprint density at radius 3 is 2.38 bits per heavy atom. The van der Waals surface area contributed by atoms with Crippen molar-refractivity contribution >= 4 is 29.0 Å². The van der Waals surface area contributed by atoms with Crippen molar-refractivity contribution in [1.82, 2.24) is 0 Å². The molecule has 3 N–H and O–H groups in total. The number of amides is 1. The fraction of sp³-hybridized carbons (Fsp3) is 0.263. The summed E-state index contributed by atoms with van der Waals surface area (Å²) in [5, 5.41) is 3.60. The van der Waals surface area contributed by atoms with E-state index in [-0.39, 0.29) is 11.3 Å². The van der Waals surface area contributed by atoms with Crippen molar-refractivity contribution in [2.75, 3.05) is 5.32 Å². The summed E-state index contributed by atoms with van der Waals surface area (Å²) >= 11 is 5.97. The fourth-order valence-corrected chi connectivity index (χ4v) is 3.27. The highest BCUT2D eigenvalue weighted by Crippen LogP contribution is 2.25. The third-order valence-electron chi connectivity index (χ3n) is 4.18. The van der Waals surface area contributed by atoms with Gasteiger partial charge in [-0.25, -0.2) is 0 Å². The van der Waals surface area contributed by atoms with Crippen molar-refractivity contribution in [3.8, 4) is 0 Å². The van der Waals surface area contributed by atoms with Crippen LogP contribution in [0.2, 0.25) is 5.02 Å². The second kappa shape index (κ2) is 7.05. The predicted octanol–water partition coefficient (Wildman–Crippen LogP) is 4.18. The minimum Gasteiger partial charge on any atom is -0.381 e. The van der Waals surface area contributed by atoms with E-state index in [1.54, 1.807) is 25.1 Å². The number of rotatable bonds is 5. The highest BCUT2D eigenvalue weighted by molar-refractivity contribution is 6.33. The number of carbonyl (C=O) groups excluding carboxylic acids is 2. The van der Waals surface area contributed by atoms with Gasteiger partial charge in [0.25, 0.3) is 0 Å². The van der Waals surface area contributed by atoms with Crippen LogP contribution in [-0.4, -0.2) is 11.7 Å². The molecule has 0 unspecified atom stereocenters. The molecule has 24 heavy (non-hydrogen) atoms. The fourth-order valence-electron chi connectivity index (χ4n) is 3.05. The number of nitrogens with one attached hydrogen (secondary N) is 1. The minimum atomic E-state index is -0.565. The van der Waals surface area contributed by atoms with E-state index in [0.29, 0.717) is 11.6 Å². The number of hydrogen-bond donors (Lipinski definition) is 2. The zero-order chi connectivity index (χ0) is 18.0. The number of primary amides is 1. The molecule has 0 spiro atoms. The Kier molecular flexibility index (Phi) is 5.30. The first-order chi connectivity index (χ1) is 11.2. The van der Waals surface area contributed by atoms with Gasteiger partial charge in [-0.3, -0.25) is 9.59 Å². The summed E-state index contributed by atoms with van der Waals surface area (Å²) < 4.78 is 0. The van der Waals surface area contributed by atoms with Crippen molar-refractivity contribution in [3.63, 3.8) is 0 Å². The lowest BCUT2D eigenvalue weighted by Crippen LogP contribution is -2.13. The summed E-state index contributed by atoms with van der Waals surface area (Å²) in [6, 6.07) is 7.09. The van der Waals surface area contributed by atoms with Crippen molar-refractivity contribution < 1.29 is 9.59 Å². The third kappa shape index (κ3) is 3.60. The molecule has 126 valence electrons. The molecule has 0 fully saturated rings. The molecule has 0 aliphatic rings. The highest BCUT2D eigenvalue weighted by Gasteiger charge is 2.14. The Morgan fingerprint density at radius 2 is 1.79 bits per heavy atom. The summed E-state index contributed by atoms with van der Waals surface area (Å²) in [5.41, 5.74) is 11.3. The van der Waals surface area contributed by atoms with Gasteiger partial charge >= 0.3 is 0 Å². The molecule has 0 aliphatic carbocycles. The van der Waals surface area contributed by atoms with Crippen LogP contribution < -0.4 is 11.1 Å². The summed E-state index contributed by atoms with van der Waals surface area (Å²) in [6.07, 6.45) is 0. The van der Waals surface area contributed by atoms with Crippen LogP contribution in [0.4, 0.5) is 5.69 Å². The predicted molar refractivity (Wildman–Crippen MR) is 98.0 cm³/mol. The van der Waals surface area contributed by atoms with Crippen LogP contribution >= 0.6 is 11.6 Å². The SMILES string of the molecule is CC(=O)c1c(C)cc(C)c(CNc2ccc(Cl)c(C(N)=O)c2)c1C. The number of ketones is 1. The van der Waals surface area contributed by atoms with Crippen molar-refractivity contribution in [1.29, 1.82) is 0 Å². The Hall–Kier alpha value is -2.33. The summed E-state index contributed by atoms with van der Waals surface area (Å²) in [6.45, 7) is 8.06. The van der Waals surface area contributed by atoms with E-state index >= 15 is 0 Å². The van der Waals surface area contributed by atoms with Gasteiger partial charge in [-0.15, -0.1) is 0 Å². The Bertz CT molecular complexity index is 829. The number of halogens is 1. The summed E-state index contributed by atoms with van der Waals surface area (Å²) in [5.74, 6) is -0.501. The maximum absolute atomic E-state index is 11.9. The summed E-state index contributed by atoms with van der Waals surface area (Å²) in [7, 11) is 0. The molecule has 0 bridgehead atoms. The highest BCUT2D eigenvalue weighted by atomic mass is 35.5. The molecule has 2 aromatic carbocycles. The quantitative estimate of drug-likeness (QED) is 0.799. The normalized spacial score (nSPS) is 10.5. The maximum atomic E-state index is 11.9. The first-order valence-electron chi connectivity index (χ1n) is 7.66. The minimum absolute atomic E-state index is 0.0637. The van der Waals surface area contributed by atoms with E-state index in [4.69, 9.17) is 17.3 Å². The van der Waals surface area contributed by atoms with Crippen LogP contribution in [0, 0.1) is 20.8 Å². The second-order valence-corrected chi connectivity index (χ2v) is 6.36. The molecule has 0 saturated heterocycles. The van der Waals surface area contributed by atoms with Gasteiger partial charge in [-0.05, 0) is 68.1 Å². The van der Waals surface area contributed by atoms with E-state index in [1.807, 2.05) is 26.8 Å². The largest absolute Gasteiger partial charge is 0.381 e. The molecule has 4 nitrogen and oxygen atoms in total. The standard InChI is InChI=1S/C19H21ClN2O2/c1-10-7-11(2)18(13(4)23)12(3)16(10)9-22-14-5-6-17(20)15(8-14)19(21)24/h5-8,22H,9H2,1-4H3,(H2,21,24). The van der Waals surface area contributed by atoms with Gasteiger partial charge in [-0.2, -0.15) is 0 Å². The van der Waals surface area contributed by atoms with Crippen molar-refractivity contribution in [2.45, 2.75) is 34.2 Å². The van der Waals surface area contributed by atoms with Gasteiger partial charge < -0.3 is 11.1 Å². The molecule has 0 saturated carbocycles. The molecule has 5 heteroatoms. The second-order valence-electron chi connectivity index (χ2n) is 5.96. The number of anilines is 1. The van der Waals surface area contributed by atoms with E-state index in [0.717, 1.165) is 33.5 Å². The van der Waals surface area contributed by atoms with Crippen LogP contribution in [0.3, 0.4) is 0 Å². The molecule has 0 aromatic heterocycles. The van der Waals surface area contributed by atoms with Crippen LogP contribution in [0.1, 0.15) is 49.9 Å². The average Bonchev–Trinajstić information content (AvgIpc) is 2.47. The van der Waals surface area contributed by atoms with Gasteiger partial charge in [0.15, 0.2) is 5.78 Å². The Labute approximate surface area is 147 Å². The number of hydrogen-bond acceptors (Lipinski definition) is 3. The lowest BCUT2D eigenvalue weighted by atomic mass is 9.91. The lowest BCUT2D eigenvalue weighted by Gasteiger charge is -2.17. The molecule has 1 amide bonds. The zero-order valence-electron chi connectivity index (χ0n) is 14.3. The van der Waals surface area contributed by atoms with Crippen LogP contribution in [0.25, 0.3) is 0 Å². The van der Waals surface area contributed by atoms with E-state index in [1.165, 1.54) is 0 Å². The van der Waals surface area contributed by atoms with Crippen molar-refractivity contribution in [2.24, 2.45) is 5.73 Å². The topological polar surface area (TPSA) is 72.2 Å². The maximum Gasteiger partial charge on any atom is 0.250 e. The van der Waals surface area contributed by atoms with E-state index < -0.39 is 5.91 Å². The van der Waals surface area contributed by atoms with Crippen LogP contribution in [0.15, 0.2) is 24.3 Å². The van der Waals surface area contributed by atoms with Gasteiger partial charge in [0.05, 0.1) is 10.6 Å². The smallest absolute Gasteiger partial charge is 0.250 e. The molecule has 0 heterocycles. The monoisotopic (exact) mass is 344 g/mol. The molecule has 2 aromatic rings. The van der Waals surface area contributed by atoms with Crippen LogP contribution in [0.5, 0.6) is 0 Å².